The summed E-state index contributed by atoms with van der Waals surface area (Å²) in [5.74, 6) is -0.203. The van der Waals surface area contributed by atoms with Gasteiger partial charge in [-0.2, -0.15) is 0 Å². The molecule has 0 amide bonds. The number of benzene rings is 2. The minimum Gasteiger partial charge on any atom is -0.310 e. The lowest BCUT2D eigenvalue weighted by atomic mass is 9.93. The average Bonchev–Trinajstić information content (AvgIpc) is 3.18. The van der Waals surface area contributed by atoms with Crippen molar-refractivity contribution in [3.8, 4) is 0 Å². The van der Waals surface area contributed by atoms with E-state index in [4.69, 9.17) is 0 Å². The van der Waals surface area contributed by atoms with E-state index in [1.165, 1.54) is 22.1 Å². The average molecular weight is 448 g/mol. The van der Waals surface area contributed by atoms with E-state index in [1.807, 2.05) is 24.3 Å². The van der Waals surface area contributed by atoms with Crippen molar-refractivity contribution in [3.63, 3.8) is 0 Å². The molecule has 0 aliphatic heterocycles. The maximum absolute atomic E-state index is 13.4. The molecule has 1 aliphatic rings. The van der Waals surface area contributed by atoms with E-state index in [2.05, 4.69) is 22.4 Å². The lowest BCUT2D eigenvalue weighted by Gasteiger charge is -2.23. The molecule has 0 bridgehead atoms. The summed E-state index contributed by atoms with van der Waals surface area (Å²) in [5, 5.41) is 4.37. The number of nitrogens with one attached hydrogen (secondary N) is 1. The summed E-state index contributed by atoms with van der Waals surface area (Å²) in [6.07, 6.45) is 6.30. The molecule has 4 nitrogen and oxygen atoms in total. The number of rotatable bonds is 7. The van der Waals surface area contributed by atoms with E-state index in [0.717, 1.165) is 47.9 Å². The van der Waals surface area contributed by atoms with Crippen LogP contribution in [0.4, 0.5) is 4.39 Å². The van der Waals surface area contributed by atoms with Gasteiger partial charge in [-0.05, 0) is 60.9 Å². The number of nitrogens with zero attached hydrogens (tertiary/aromatic N) is 2. The van der Waals surface area contributed by atoms with Crippen molar-refractivity contribution in [3.05, 3.63) is 98.7 Å². The first-order chi connectivity index (χ1) is 15.7. The maximum atomic E-state index is 13.4. The summed E-state index contributed by atoms with van der Waals surface area (Å²) < 4.78 is 15.2. The lowest BCUT2D eigenvalue weighted by Crippen LogP contribution is -2.33. The highest BCUT2D eigenvalue weighted by Crippen LogP contribution is 2.33. The van der Waals surface area contributed by atoms with Crippen LogP contribution in [-0.4, -0.2) is 15.6 Å². The van der Waals surface area contributed by atoms with Crippen molar-refractivity contribution in [1.29, 1.82) is 0 Å². The predicted molar refractivity (Wildman–Crippen MR) is 128 cm³/mol. The van der Waals surface area contributed by atoms with Crippen molar-refractivity contribution in [2.75, 3.05) is 0 Å². The van der Waals surface area contributed by atoms with Crippen LogP contribution in [0, 0.1) is 5.82 Å². The van der Waals surface area contributed by atoms with Gasteiger partial charge in [0.15, 0.2) is 0 Å². The number of fused-ring (bicyclic) bond motifs is 3. The monoisotopic (exact) mass is 447 g/mol. The van der Waals surface area contributed by atoms with Crippen molar-refractivity contribution >= 4 is 21.6 Å². The third kappa shape index (κ3) is 4.52. The Hall–Kier alpha value is -2.83. The lowest BCUT2D eigenvalue weighted by molar-refractivity contribution is 0.462. The van der Waals surface area contributed by atoms with Crippen LogP contribution in [0.1, 0.15) is 34.4 Å². The van der Waals surface area contributed by atoms with Crippen LogP contribution >= 0.6 is 11.3 Å². The second-order valence-corrected chi connectivity index (χ2v) is 9.55. The number of hydrogen-bond acceptors (Lipinski definition) is 4. The SMILES string of the molecule is O=c1c2c3c(sc2ncn1CCCc1ccccc1)CC(NCc1cccc(F)c1)CC3. The van der Waals surface area contributed by atoms with Gasteiger partial charge in [-0.1, -0.05) is 42.5 Å². The summed E-state index contributed by atoms with van der Waals surface area (Å²) in [5.41, 5.74) is 3.52. The molecular weight excluding hydrogens is 421 g/mol. The number of thiophene rings is 1. The molecule has 2 heterocycles. The molecule has 1 atom stereocenters. The number of aromatic nitrogens is 2. The minimum absolute atomic E-state index is 0.0896. The van der Waals surface area contributed by atoms with Crippen LogP contribution in [-0.2, 0) is 32.4 Å². The van der Waals surface area contributed by atoms with Crippen LogP contribution < -0.4 is 10.9 Å². The standard InChI is InChI=1S/C26H26FN3OS/c27-20-10-4-8-19(14-20)16-28-21-11-12-22-23(15-21)32-25-24(22)26(31)30(17-29-25)13-5-9-18-6-2-1-3-7-18/h1-4,6-8,10,14,17,21,28H,5,9,11-13,15-16H2. The summed E-state index contributed by atoms with van der Waals surface area (Å²) in [4.78, 5) is 19.9. The molecule has 0 spiro atoms. The maximum Gasteiger partial charge on any atom is 0.262 e. The van der Waals surface area contributed by atoms with Gasteiger partial charge in [0.05, 0.1) is 11.7 Å². The topological polar surface area (TPSA) is 46.9 Å². The van der Waals surface area contributed by atoms with Gasteiger partial charge in [0.2, 0.25) is 0 Å². The van der Waals surface area contributed by atoms with Crippen LogP contribution in [0.15, 0.2) is 65.7 Å². The van der Waals surface area contributed by atoms with Gasteiger partial charge in [0, 0.05) is 24.0 Å². The number of hydrogen-bond donors (Lipinski definition) is 1. The Morgan fingerprint density at radius 1 is 1.12 bits per heavy atom. The van der Waals surface area contributed by atoms with Crippen molar-refractivity contribution < 1.29 is 4.39 Å². The first kappa shape index (κ1) is 21.0. The molecule has 32 heavy (non-hydrogen) atoms. The van der Waals surface area contributed by atoms with Gasteiger partial charge in [-0.3, -0.25) is 9.36 Å². The van der Waals surface area contributed by atoms with Gasteiger partial charge >= 0.3 is 0 Å². The normalized spacial score (nSPS) is 15.7. The van der Waals surface area contributed by atoms with E-state index < -0.39 is 0 Å². The summed E-state index contributed by atoms with van der Waals surface area (Å²) in [7, 11) is 0. The molecular formula is C26H26FN3OS. The Labute approximate surface area is 190 Å². The molecule has 1 aliphatic carbocycles. The summed E-state index contributed by atoms with van der Waals surface area (Å²) in [6, 6.07) is 17.4. The van der Waals surface area contributed by atoms with Gasteiger partial charge in [-0.25, -0.2) is 9.37 Å². The second kappa shape index (κ2) is 9.35. The fourth-order valence-corrected chi connectivity index (χ4v) is 5.80. The third-order valence-corrected chi connectivity index (χ3v) is 7.39. The summed E-state index contributed by atoms with van der Waals surface area (Å²) in [6.45, 7) is 1.33. The van der Waals surface area contributed by atoms with E-state index in [-0.39, 0.29) is 11.4 Å². The molecule has 0 radical (unpaired) electrons. The molecule has 164 valence electrons. The van der Waals surface area contributed by atoms with Crippen molar-refractivity contribution in [1.82, 2.24) is 14.9 Å². The highest BCUT2D eigenvalue weighted by molar-refractivity contribution is 7.18. The molecule has 2 aromatic carbocycles. The zero-order chi connectivity index (χ0) is 21.9. The molecule has 0 saturated heterocycles. The first-order valence-electron chi connectivity index (χ1n) is 11.2. The van der Waals surface area contributed by atoms with Crippen LogP contribution in [0.3, 0.4) is 0 Å². The van der Waals surface area contributed by atoms with Gasteiger partial charge in [0.1, 0.15) is 10.6 Å². The fourth-order valence-electron chi connectivity index (χ4n) is 4.54. The fraction of sp³-hybridized carbons (Fsp3) is 0.308. The van der Waals surface area contributed by atoms with Crippen LogP contribution in [0.5, 0.6) is 0 Å². The second-order valence-electron chi connectivity index (χ2n) is 8.47. The highest BCUT2D eigenvalue weighted by Gasteiger charge is 2.25. The van der Waals surface area contributed by atoms with Gasteiger partial charge in [0.25, 0.3) is 5.56 Å². The number of halogens is 1. The summed E-state index contributed by atoms with van der Waals surface area (Å²) >= 11 is 1.65. The van der Waals surface area contributed by atoms with E-state index in [1.54, 1.807) is 34.4 Å². The molecule has 5 rings (SSSR count). The van der Waals surface area contributed by atoms with Crippen LogP contribution in [0.2, 0.25) is 0 Å². The number of aryl methyl sites for hydroxylation is 3. The van der Waals surface area contributed by atoms with E-state index in [9.17, 15) is 9.18 Å². The van der Waals surface area contributed by atoms with Crippen molar-refractivity contribution in [2.24, 2.45) is 0 Å². The predicted octanol–water partition coefficient (Wildman–Crippen LogP) is 4.88. The molecule has 2 aromatic heterocycles. The highest BCUT2D eigenvalue weighted by atomic mass is 32.1. The van der Waals surface area contributed by atoms with E-state index in [0.29, 0.717) is 19.1 Å². The molecule has 4 aromatic rings. The Balaban J connectivity index is 1.28. The van der Waals surface area contributed by atoms with Crippen molar-refractivity contribution in [2.45, 2.75) is 51.2 Å². The van der Waals surface area contributed by atoms with Crippen LogP contribution in [0.25, 0.3) is 10.2 Å². The smallest absolute Gasteiger partial charge is 0.262 e. The molecule has 0 saturated carbocycles. The van der Waals surface area contributed by atoms with Gasteiger partial charge < -0.3 is 5.32 Å². The van der Waals surface area contributed by atoms with Gasteiger partial charge in [-0.15, -0.1) is 11.3 Å². The Morgan fingerprint density at radius 2 is 1.97 bits per heavy atom. The quantitative estimate of drug-likeness (QED) is 0.439. The third-order valence-electron chi connectivity index (χ3n) is 6.23. The molecule has 0 fully saturated rings. The zero-order valence-corrected chi connectivity index (χ0v) is 18.7. The minimum atomic E-state index is -0.203. The largest absolute Gasteiger partial charge is 0.310 e. The molecule has 1 N–H and O–H groups in total. The Bertz CT molecular complexity index is 1280. The Morgan fingerprint density at radius 3 is 2.81 bits per heavy atom. The first-order valence-corrected chi connectivity index (χ1v) is 12.0. The zero-order valence-electron chi connectivity index (χ0n) is 17.9. The van der Waals surface area contributed by atoms with E-state index >= 15 is 0 Å². The molecule has 1 unspecified atom stereocenters. The Kier molecular flexibility index (Phi) is 6.14. The molecule has 6 heteroatoms.